The molecule has 1 heterocycles. The summed E-state index contributed by atoms with van der Waals surface area (Å²) in [6, 6.07) is 19.5. The topological polar surface area (TPSA) is 51.2 Å². The van der Waals surface area contributed by atoms with Crippen molar-refractivity contribution < 1.29 is 9.53 Å². The maximum atomic E-state index is 12.1. The summed E-state index contributed by atoms with van der Waals surface area (Å²) < 4.78 is 5.59. The molecule has 0 aliphatic heterocycles. The van der Waals surface area contributed by atoms with Gasteiger partial charge in [0.1, 0.15) is 16.5 Å². The third-order valence-corrected chi connectivity index (χ3v) is 4.27. The molecule has 0 aliphatic rings. The fourth-order valence-electron chi connectivity index (χ4n) is 2.16. The highest BCUT2D eigenvalue weighted by molar-refractivity contribution is 7.13. The Bertz CT molecular complexity index is 772. The fourth-order valence-corrected chi connectivity index (χ4v) is 2.97. The number of hydrogen-bond donors (Lipinski definition) is 1. The molecular weight excluding hydrogens is 320 g/mol. The number of thiazole rings is 1. The summed E-state index contributed by atoms with van der Waals surface area (Å²) in [6.45, 7) is 1.13. The first kappa shape index (κ1) is 16.2. The first-order valence-corrected chi connectivity index (χ1v) is 8.68. The van der Waals surface area contributed by atoms with Gasteiger partial charge in [-0.2, -0.15) is 0 Å². The molecule has 5 heteroatoms. The van der Waals surface area contributed by atoms with Crippen molar-refractivity contribution in [2.45, 2.75) is 6.42 Å². The number of rotatable bonds is 7. The zero-order valence-electron chi connectivity index (χ0n) is 13.1. The van der Waals surface area contributed by atoms with Crippen molar-refractivity contribution in [1.82, 2.24) is 10.3 Å². The maximum absolute atomic E-state index is 12.1. The lowest BCUT2D eigenvalue weighted by Crippen LogP contribution is -2.25. The molecule has 0 atom stereocenters. The molecule has 122 valence electrons. The van der Waals surface area contributed by atoms with E-state index in [-0.39, 0.29) is 5.91 Å². The Morgan fingerprint density at radius 1 is 1.04 bits per heavy atom. The van der Waals surface area contributed by atoms with Gasteiger partial charge in [0.25, 0.3) is 5.91 Å². The van der Waals surface area contributed by atoms with E-state index in [9.17, 15) is 4.79 Å². The van der Waals surface area contributed by atoms with Crippen molar-refractivity contribution >= 4 is 17.2 Å². The van der Waals surface area contributed by atoms with Crippen molar-refractivity contribution in [2.75, 3.05) is 13.2 Å². The third kappa shape index (κ3) is 4.43. The molecule has 24 heavy (non-hydrogen) atoms. The van der Waals surface area contributed by atoms with Crippen LogP contribution in [0.5, 0.6) is 5.75 Å². The SMILES string of the molecule is O=C(NCCCOc1ccccc1)c1csc(-c2ccccc2)n1. The number of ether oxygens (including phenoxy) is 1. The number of nitrogens with one attached hydrogen (secondary N) is 1. The predicted octanol–water partition coefficient (Wildman–Crippen LogP) is 4.01. The second kappa shape index (κ2) is 8.26. The summed E-state index contributed by atoms with van der Waals surface area (Å²) in [5, 5.41) is 5.52. The molecule has 4 nitrogen and oxygen atoms in total. The van der Waals surface area contributed by atoms with E-state index in [0.29, 0.717) is 18.8 Å². The van der Waals surface area contributed by atoms with Crippen LogP contribution in [0.25, 0.3) is 10.6 Å². The summed E-state index contributed by atoms with van der Waals surface area (Å²) in [6.07, 6.45) is 0.746. The van der Waals surface area contributed by atoms with E-state index in [2.05, 4.69) is 10.3 Å². The Morgan fingerprint density at radius 2 is 1.75 bits per heavy atom. The van der Waals surface area contributed by atoms with Gasteiger partial charge in [-0.3, -0.25) is 4.79 Å². The fraction of sp³-hybridized carbons (Fsp3) is 0.158. The van der Waals surface area contributed by atoms with Gasteiger partial charge in [0.05, 0.1) is 6.61 Å². The van der Waals surface area contributed by atoms with Crippen LogP contribution in [0, 0.1) is 0 Å². The molecule has 0 radical (unpaired) electrons. The van der Waals surface area contributed by atoms with Gasteiger partial charge in [-0.15, -0.1) is 11.3 Å². The lowest BCUT2D eigenvalue weighted by atomic mass is 10.2. The lowest BCUT2D eigenvalue weighted by Gasteiger charge is -2.06. The molecule has 0 spiro atoms. The van der Waals surface area contributed by atoms with E-state index in [1.807, 2.05) is 60.7 Å². The summed E-state index contributed by atoms with van der Waals surface area (Å²) in [5.41, 5.74) is 1.49. The minimum atomic E-state index is -0.145. The van der Waals surface area contributed by atoms with Crippen LogP contribution < -0.4 is 10.1 Å². The second-order valence-corrected chi connectivity index (χ2v) is 6.03. The zero-order valence-corrected chi connectivity index (χ0v) is 14.0. The minimum absolute atomic E-state index is 0.145. The molecule has 0 unspecified atom stereocenters. The van der Waals surface area contributed by atoms with Crippen molar-refractivity contribution in [1.29, 1.82) is 0 Å². The van der Waals surface area contributed by atoms with Crippen LogP contribution in [0.4, 0.5) is 0 Å². The Kier molecular flexibility index (Phi) is 5.58. The molecule has 3 aromatic rings. The highest BCUT2D eigenvalue weighted by Gasteiger charge is 2.11. The van der Waals surface area contributed by atoms with Crippen LogP contribution in [0.1, 0.15) is 16.9 Å². The van der Waals surface area contributed by atoms with E-state index in [1.165, 1.54) is 11.3 Å². The summed E-state index contributed by atoms with van der Waals surface area (Å²) in [7, 11) is 0. The largest absolute Gasteiger partial charge is 0.494 e. The molecule has 0 saturated heterocycles. The standard InChI is InChI=1S/C19H18N2O2S/c22-18(20-12-7-13-23-16-10-5-2-6-11-16)17-14-24-19(21-17)15-8-3-1-4-9-15/h1-6,8-11,14H,7,12-13H2,(H,20,22). The number of aromatic nitrogens is 1. The molecule has 0 bridgehead atoms. The van der Waals surface area contributed by atoms with E-state index < -0.39 is 0 Å². The molecule has 1 amide bonds. The van der Waals surface area contributed by atoms with E-state index >= 15 is 0 Å². The number of hydrogen-bond acceptors (Lipinski definition) is 4. The van der Waals surface area contributed by atoms with Crippen LogP contribution >= 0.6 is 11.3 Å². The Morgan fingerprint density at radius 3 is 2.50 bits per heavy atom. The molecule has 1 aromatic heterocycles. The van der Waals surface area contributed by atoms with E-state index in [4.69, 9.17) is 4.74 Å². The highest BCUT2D eigenvalue weighted by atomic mass is 32.1. The van der Waals surface area contributed by atoms with Gasteiger partial charge >= 0.3 is 0 Å². The number of amides is 1. The average Bonchev–Trinajstić information content (AvgIpc) is 3.13. The number of carbonyl (C=O) groups is 1. The Labute approximate surface area is 145 Å². The second-order valence-electron chi connectivity index (χ2n) is 5.17. The summed E-state index contributed by atoms with van der Waals surface area (Å²) in [5.74, 6) is 0.698. The van der Waals surface area contributed by atoms with Crippen LogP contribution in [0.3, 0.4) is 0 Å². The molecule has 0 saturated carbocycles. The smallest absolute Gasteiger partial charge is 0.270 e. The van der Waals surface area contributed by atoms with Crippen LogP contribution in [0.2, 0.25) is 0 Å². The first-order chi connectivity index (χ1) is 11.8. The summed E-state index contributed by atoms with van der Waals surface area (Å²) in [4.78, 5) is 16.5. The number of benzene rings is 2. The lowest BCUT2D eigenvalue weighted by molar-refractivity contribution is 0.0947. The molecule has 3 rings (SSSR count). The van der Waals surface area contributed by atoms with Gasteiger partial charge in [0.15, 0.2) is 0 Å². The van der Waals surface area contributed by atoms with Gasteiger partial charge in [-0.1, -0.05) is 48.5 Å². The van der Waals surface area contributed by atoms with Gasteiger partial charge in [-0.05, 0) is 18.6 Å². The van der Waals surface area contributed by atoms with Gasteiger partial charge < -0.3 is 10.1 Å². The van der Waals surface area contributed by atoms with Gasteiger partial charge in [0, 0.05) is 17.5 Å². The zero-order chi connectivity index (χ0) is 16.6. The Hall–Kier alpha value is -2.66. The monoisotopic (exact) mass is 338 g/mol. The molecule has 0 aliphatic carbocycles. The molecule has 1 N–H and O–H groups in total. The van der Waals surface area contributed by atoms with Crippen molar-refractivity contribution in [3.8, 4) is 16.3 Å². The quantitative estimate of drug-likeness (QED) is 0.662. The van der Waals surface area contributed by atoms with Crippen molar-refractivity contribution in [3.63, 3.8) is 0 Å². The highest BCUT2D eigenvalue weighted by Crippen LogP contribution is 2.23. The third-order valence-electron chi connectivity index (χ3n) is 3.38. The van der Waals surface area contributed by atoms with Crippen LogP contribution in [-0.4, -0.2) is 24.0 Å². The van der Waals surface area contributed by atoms with Gasteiger partial charge in [-0.25, -0.2) is 4.98 Å². The molecular formula is C19H18N2O2S. The maximum Gasteiger partial charge on any atom is 0.270 e. The van der Waals surface area contributed by atoms with Crippen molar-refractivity contribution in [3.05, 3.63) is 71.7 Å². The normalized spacial score (nSPS) is 10.3. The summed E-state index contributed by atoms with van der Waals surface area (Å²) >= 11 is 1.48. The van der Waals surface area contributed by atoms with E-state index in [1.54, 1.807) is 5.38 Å². The van der Waals surface area contributed by atoms with Crippen LogP contribution in [0.15, 0.2) is 66.0 Å². The van der Waals surface area contributed by atoms with Crippen LogP contribution in [-0.2, 0) is 0 Å². The number of nitrogens with zero attached hydrogens (tertiary/aromatic N) is 1. The number of para-hydroxylation sites is 1. The average molecular weight is 338 g/mol. The number of carbonyl (C=O) groups excluding carboxylic acids is 1. The molecule has 0 fully saturated rings. The first-order valence-electron chi connectivity index (χ1n) is 7.80. The van der Waals surface area contributed by atoms with Crippen molar-refractivity contribution in [2.24, 2.45) is 0 Å². The van der Waals surface area contributed by atoms with Gasteiger partial charge in [0.2, 0.25) is 0 Å². The predicted molar refractivity (Wildman–Crippen MR) is 96.4 cm³/mol. The molecule has 2 aromatic carbocycles. The minimum Gasteiger partial charge on any atom is -0.494 e. The van der Waals surface area contributed by atoms with E-state index in [0.717, 1.165) is 22.7 Å². The Balaban J connectivity index is 1.43.